The van der Waals surface area contributed by atoms with Gasteiger partial charge in [-0.15, -0.1) is 24.0 Å². The number of hydrogen-bond acceptors (Lipinski definition) is 5. The van der Waals surface area contributed by atoms with Crippen LogP contribution in [0.25, 0.3) is 0 Å². The van der Waals surface area contributed by atoms with Crippen LogP contribution in [-0.2, 0) is 21.4 Å². The van der Waals surface area contributed by atoms with E-state index in [2.05, 4.69) is 15.4 Å². The van der Waals surface area contributed by atoms with Crippen LogP contribution in [0.5, 0.6) is 0 Å². The Hall–Kier alpha value is -1.89. The topological polar surface area (TPSA) is 95.3 Å². The summed E-state index contributed by atoms with van der Waals surface area (Å²) in [5.74, 6) is 0.471. The van der Waals surface area contributed by atoms with Crippen molar-refractivity contribution in [3.05, 3.63) is 12.4 Å². The number of aromatic nitrogens is 2. The third-order valence-electron chi connectivity index (χ3n) is 5.15. The molecule has 2 amide bonds. The molecule has 1 aromatic heterocycles. The number of nitrogens with one attached hydrogen (secondary N) is 1. The number of carbonyl (C=O) groups is 2. The van der Waals surface area contributed by atoms with Gasteiger partial charge >= 0.3 is 0 Å². The minimum Gasteiger partial charge on any atom is -0.376 e. The highest BCUT2D eigenvalue weighted by atomic mass is 127. The van der Waals surface area contributed by atoms with Gasteiger partial charge in [0.25, 0.3) is 0 Å². The Morgan fingerprint density at radius 1 is 1.37 bits per heavy atom. The number of anilines is 1. The van der Waals surface area contributed by atoms with E-state index in [1.165, 1.54) is 4.90 Å². The summed E-state index contributed by atoms with van der Waals surface area (Å²) in [6, 6.07) is 0. The minimum atomic E-state index is -0.0847. The van der Waals surface area contributed by atoms with E-state index >= 15 is 0 Å². The molecule has 2 fully saturated rings. The Labute approximate surface area is 194 Å². The molecule has 2 aliphatic heterocycles. The maximum Gasteiger partial charge on any atom is 0.246 e. The summed E-state index contributed by atoms with van der Waals surface area (Å²) in [6.45, 7) is 2.79. The van der Waals surface area contributed by atoms with Crippen LogP contribution in [0.15, 0.2) is 17.4 Å². The molecule has 1 aromatic rings. The number of hydrogen-bond donors (Lipinski definition) is 1. The molecule has 0 radical (unpaired) electrons. The predicted octanol–water partition coefficient (Wildman–Crippen LogP) is 0.290. The van der Waals surface area contributed by atoms with Gasteiger partial charge in [-0.2, -0.15) is 5.10 Å². The van der Waals surface area contributed by atoms with Gasteiger partial charge in [0, 0.05) is 53.6 Å². The van der Waals surface area contributed by atoms with Crippen LogP contribution < -0.4 is 10.2 Å². The van der Waals surface area contributed by atoms with E-state index < -0.39 is 0 Å². The number of halogens is 1. The van der Waals surface area contributed by atoms with Crippen LogP contribution in [0.3, 0.4) is 0 Å². The first-order valence-electron chi connectivity index (χ1n) is 10.1. The van der Waals surface area contributed by atoms with Crippen LogP contribution in [-0.4, -0.2) is 96.9 Å². The van der Waals surface area contributed by atoms with E-state index in [1.807, 2.05) is 18.1 Å². The lowest BCUT2D eigenvalue weighted by atomic mass is 10.1. The number of likely N-dealkylation sites (N-methyl/N-ethyl adjacent to an activating group) is 1. The SMILES string of the molecule is CN(C)C(=O)CN=C(NCC1CCCCO1)N1CCN(c2cnn(C)c2)C(=O)C1.I. The summed E-state index contributed by atoms with van der Waals surface area (Å²) in [7, 11) is 5.24. The van der Waals surface area contributed by atoms with E-state index in [0.717, 1.165) is 31.6 Å². The molecule has 3 rings (SSSR count). The summed E-state index contributed by atoms with van der Waals surface area (Å²) in [6.07, 6.45) is 6.91. The van der Waals surface area contributed by atoms with Gasteiger partial charge in [0.1, 0.15) is 13.1 Å². The number of amides is 2. The molecule has 0 aromatic carbocycles. The van der Waals surface area contributed by atoms with Crippen molar-refractivity contribution in [3.8, 4) is 0 Å². The first-order chi connectivity index (χ1) is 13.9. The van der Waals surface area contributed by atoms with Crippen molar-refractivity contribution in [3.63, 3.8) is 0 Å². The third-order valence-corrected chi connectivity index (χ3v) is 5.15. The molecule has 1 N–H and O–H groups in total. The van der Waals surface area contributed by atoms with Gasteiger partial charge in [-0.05, 0) is 19.3 Å². The number of rotatable bonds is 5. The summed E-state index contributed by atoms with van der Waals surface area (Å²) in [5, 5.41) is 7.47. The summed E-state index contributed by atoms with van der Waals surface area (Å²) in [5.41, 5.74) is 0.794. The summed E-state index contributed by atoms with van der Waals surface area (Å²) in [4.78, 5) is 34.4. The first kappa shape index (κ1) is 24.4. The molecule has 3 heterocycles. The molecule has 2 aliphatic rings. The molecule has 168 valence electrons. The van der Waals surface area contributed by atoms with Gasteiger partial charge in [-0.1, -0.05) is 0 Å². The quantitative estimate of drug-likeness (QED) is 0.332. The van der Waals surface area contributed by atoms with E-state index in [9.17, 15) is 9.59 Å². The van der Waals surface area contributed by atoms with Crippen molar-refractivity contribution in [2.75, 3.05) is 58.3 Å². The van der Waals surface area contributed by atoms with Crippen LogP contribution in [0.2, 0.25) is 0 Å². The summed E-state index contributed by atoms with van der Waals surface area (Å²) >= 11 is 0. The Balaban J connectivity index is 0.00000320. The largest absolute Gasteiger partial charge is 0.376 e. The zero-order valence-corrected chi connectivity index (χ0v) is 20.2. The van der Waals surface area contributed by atoms with Gasteiger partial charge in [0.15, 0.2) is 5.96 Å². The second-order valence-electron chi connectivity index (χ2n) is 7.64. The Kier molecular flexibility index (Phi) is 9.34. The molecule has 30 heavy (non-hydrogen) atoms. The Morgan fingerprint density at radius 3 is 2.77 bits per heavy atom. The maximum absolute atomic E-state index is 12.7. The third kappa shape index (κ3) is 6.56. The van der Waals surface area contributed by atoms with Gasteiger partial charge < -0.3 is 24.8 Å². The number of nitrogens with zero attached hydrogens (tertiary/aromatic N) is 6. The number of aryl methyl sites for hydroxylation is 1. The van der Waals surface area contributed by atoms with E-state index in [0.29, 0.717) is 25.6 Å². The van der Waals surface area contributed by atoms with E-state index in [-0.39, 0.29) is 55.0 Å². The van der Waals surface area contributed by atoms with E-state index in [1.54, 1.807) is 29.9 Å². The second kappa shape index (κ2) is 11.5. The fraction of sp³-hybridized carbons (Fsp3) is 0.684. The molecule has 0 saturated carbocycles. The first-order valence-corrected chi connectivity index (χ1v) is 10.1. The van der Waals surface area contributed by atoms with Crippen molar-refractivity contribution in [2.45, 2.75) is 25.4 Å². The van der Waals surface area contributed by atoms with Crippen LogP contribution >= 0.6 is 24.0 Å². The lowest BCUT2D eigenvalue weighted by Gasteiger charge is -2.36. The number of ether oxygens (including phenoxy) is 1. The standard InChI is InChI=1S/C19H31N7O3.HI/c1-23(2)17(27)12-21-19(20-11-16-6-4-5-9-29-16)25-7-8-26(18(28)14-25)15-10-22-24(3)13-15;/h10,13,16H,4-9,11-12,14H2,1-3H3,(H,20,21);1H. The predicted molar refractivity (Wildman–Crippen MR) is 125 cm³/mol. The van der Waals surface area contributed by atoms with Crippen molar-refractivity contribution in [1.82, 2.24) is 24.9 Å². The normalized spacial score (nSPS) is 20.0. The zero-order valence-electron chi connectivity index (χ0n) is 17.9. The lowest BCUT2D eigenvalue weighted by molar-refractivity contribution is -0.127. The zero-order chi connectivity index (χ0) is 20.8. The van der Waals surface area contributed by atoms with Crippen molar-refractivity contribution in [2.24, 2.45) is 12.0 Å². The maximum atomic E-state index is 12.7. The van der Waals surface area contributed by atoms with Gasteiger partial charge in [0.2, 0.25) is 11.8 Å². The van der Waals surface area contributed by atoms with Crippen LogP contribution in [0.4, 0.5) is 5.69 Å². The molecular formula is C19H32IN7O3. The number of carbonyl (C=O) groups excluding carboxylic acids is 2. The monoisotopic (exact) mass is 533 g/mol. The molecule has 0 spiro atoms. The van der Waals surface area contributed by atoms with Crippen molar-refractivity contribution in [1.29, 1.82) is 0 Å². The fourth-order valence-electron chi connectivity index (χ4n) is 3.40. The highest BCUT2D eigenvalue weighted by molar-refractivity contribution is 14.0. The molecule has 1 unspecified atom stereocenters. The average Bonchev–Trinajstić information content (AvgIpc) is 3.14. The Morgan fingerprint density at radius 2 is 2.17 bits per heavy atom. The molecule has 0 aliphatic carbocycles. The molecule has 1 atom stereocenters. The number of guanidine groups is 1. The fourth-order valence-corrected chi connectivity index (χ4v) is 3.40. The van der Waals surface area contributed by atoms with Gasteiger partial charge in [-0.25, -0.2) is 4.99 Å². The average molecular weight is 533 g/mol. The number of piperazine rings is 1. The lowest BCUT2D eigenvalue weighted by Crippen LogP contribution is -2.56. The van der Waals surface area contributed by atoms with Gasteiger partial charge in [-0.3, -0.25) is 14.3 Å². The smallest absolute Gasteiger partial charge is 0.246 e. The molecule has 2 saturated heterocycles. The van der Waals surface area contributed by atoms with Crippen molar-refractivity contribution < 1.29 is 14.3 Å². The highest BCUT2D eigenvalue weighted by Gasteiger charge is 2.28. The highest BCUT2D eigenvalue weighted by Crippen LogP contribution is 2.16. The number of aliphatic imine (C=N–C) groups is 1. The molecule has 10 nitrogen and oxygen atoms in total. The summed E-state index contributed by atoms with van der Waals surface area (Å²) < 4.78 is 7.46. The molecular weight excluding hydrogens is 501 g/mol. The Bertz CT molecular complexity index is 746. The second-order valence-corrected chi connectivity index (χ2v) is 7.64. The van der Waals surface area contributed by atoms with E-state index in [4.69, 9.17) is 4.74 Å². The minimum absolute atomic E-state index is 0. The van der Waals surface area contributed by atoms with Gasteiger partial charge in [0.05, 0.1) is 18.0 Å². The van der Waals surface area contributed by atoms with Crippen molar-refractivity contribution >= 4 is 47.4 Å². The molecule has 11 heteroatoms. The van der Waals surface area contributed by atoms with Crippen LogP contribution in [0, 0.1) is 0 Å². The van der Waals surface area contributed by atoms with Crippen LogP contribution in [0.1, 0.15) is 19.3 Å². The molecule has 0 bridgehead atoms.